The molecule has 0 saturated heterocycles. The van der Waals surface area contributed by atoms with E-state index in [-0.39, 0.29) is 18.0 Å². The number of carbonyl (C=O) groups is 2. The molecule has 0 aliphatic heterocycles. The molecule has 1 heterocycles. The highest BCUT2D eigenvalue weighted by Crippen LogP contribution is 2.37. The van der Waals surface area contributed by atoms with E-state index in [2.05, 4.69) is 5.32 Å². The molecule has 3 aromatic rings. The average molecular weight is 413 g/mol. The minimum absolute atomic E-state index is 0.193. The van der Waals surface area contributed by atoms with Crippen LogP contribution in [0.5, 0.6) is 5.75 Å². The second-order valence-electron chi connectivity index (χ2n) is 5.96. The lowest BCUT2D eigenvalue weighted by molar-refractivity contribution is 0.0529. The Morgan fingerprint density at radius 1 is 1.03 bits per heavy atom. The standard InChI is InChI=1S/C22H20FNO4S/c1-3-27-18-8-6-5-7-16(18)20(25)24-21-19(22(26)28-4-2)17(13-29-21)14-9-11-15(23)12-10-14/h5-13H,3-4H2,1-2H3,(H,24,25). The number of halogens is 1. The van der Waals surface area contributed by atoms with E-state index in [4.69, 9.17) is 9.47 Å². The number of ether oxygens (including phenoxy) is 2. The summed E-state index contributed by atoms with van der Waals surface area (Å²) in [7, 11) is 0. The fourth-order valence-corrected chi connectivity index (χ4v) is 3.76. The molecule has 0 fully saturated rings. The lowest BCUT2D eigenvalue weighted by atomic mass is 10.0. The van der Waals surface area contributed by atoms with Crippen LogP contribution >= 0.6 is 11.3 Å². The van der Waals surface area contributed by atoms with Crippen molar-refractivity contribution in [2.45, 2.75) is 13.8 Å². The van der Waals surface area contributed by atoms with Crippen molar-refractivity contribution in [1.82, 2.24) is 0 Å². The predicted molar refractivity (Wildman–Crippen MR) is 111 cm³/mol. The van der Waals surface area contributed by atoms with E-state index in [1.807, 2.05) is 6.92 Å². The van der Waals surface area contributed by atoms with Gasteiger partial charge in [-0.25, -0.2) is 9.18 Å². The molecular weight excluding hydrogens is 393 g/mol. The molecular formula is C22H20FNO4S. The number of hydrogen-bond donors (Lipinski definition) is 1. The van der Waals surface area contributed by atoms with E-state index in [9.17, 15) is 14.0 Å². The van der Waals surface area contributed by atoms with E-state index >= 15 is 0 Å². The molecule has 29 heavy (non-hydrogen) atoms. The fraction of sp³-hybridized carbons (Fsp3) is 0.182. The van der Waals surface area contributed by atoms with Crippen LogP contribution in [0.1, 0.15) is 34.6 Å². The molecule has 3 rings (SSSR count). The van der Waals surface area contributed by atoms with Crippen molar-refractivity contribution < 1.29 is 23.5 Å². The minimum atomic E-state index is -0.554. The number of carbonyl (C=O) groups excluding carboxylic acids is 2. The van der Waals surface area contributed by atoms with Crippen LogP contribution in [0.3, 0.4) is 0 Å². The molecule has 0 spiro atoms. The Balaban J connectivity index is 1.98. The van der Waals surface area contributed by atoms with Crippen molar-refractivity contribution in [3.8, 4) is 16.9 Å². The third-order valence-corrected chi connectivity index (χ3v) is 4.98. The molecule has 0 unspecified atom stereocenters. The molecule has 2 aromatic carbocycles. The minimum Gasteiger partial charge on any atom is -0.493 e. The second-order valence-corrected chi connectivity index (χ2v) is 6.84. The Labute approximate surface area is 172 Å². The third kappa shape index (κ3) is 4.63. The van der Waals surface area contributed by atoms with Gasteiger partial charge in [0.25, 0.3) is 5.91 Å². The van der Waals surface area contributed by atoms with Crippen LogP contribution in [-0.4, -0.2) is 25.1 Å². The summed E-state index contributed by atoms with van der Waals surface area (Å²) in [5.74, 6) is -0.864. The maximum Gasteiger partial charge on any atom is 0.341 e. The zero-order chi connectivity index (χ0) is 20.8. The molecule has 0 aliphatic rings. The van der Waals surface area contributed by atoms with E-state index in [1.165, 1.54) is 23.5 Å². The van der Waals surface area contributed by atoms with Gasteiger partial charge in [0.1, 0.15) is 22.1 Å². The van der Waals surface area contributed by atoms with Gasteiger partial charge in [-0.1, -0.05) is 24.3 Å². The molecule has 7 heteroatoms. The van der Waals surface area contributed by atoms with Crippen molar-refractivity contribution in [1.29, 1.82) is 0 Å². The fourth-order valence-electron chi connectivity index (χ4n) is 2.80. The average Bonchev–Trinajstić information content (AvgIpc) is 3.13. The Hall–Kier alpha value is -3.19. The highest BCUT2D eigenvalue weighted by molar-refractivity contribution is 7.15. The van der Waals surface area contributed by atoms with Crippen molar-refractivity contribution >= 4 is 28.2 Å². The van der Waals surface area contributed by atoms with Gasteiger partial charge in [0, 0.05) is 10.9 Å². The van der Waals surface area contributed by atoms with Crippen molar-refractivity contribution in [3.63, 3.8) is 0 Å². The molecule has 1 amide bonds. The summed E-state index contributed by atoms with van der Waals surface area (Å²) in [4.78, 5) is 25.5. The van der Waals surface area contributed by atoms with Gasteiger partial charge < -0.3 is 14.8 Å². The summed E-state index contributed by atoms with van der Waals surface area (Å²) >= 11 is 1.20. The maximum absolute atomic E-state index is 13.3. The van der Waals surface area contributed by atoms with Crippen LogP contribution in [-0.2, 0) is 4.74 Å². The highest BCUT2D eigenvalue weighted by Gasteiger charge is 2.24. The summed E-state index contributed by atoms with van der Waals surface area (Å²) in [5.41, 5.74) is 1.83. The largest absolute Gasteiger partial charge is 0.493 e. The van der Waals surface area contributed by atoms with Crippen LogP contribution in [0.25, 0.3) is 11.1 Å². The maximum atomic E-state index is 13.3. The van der Waals surface area contributed by atoms with Crippen molar-refractivity contribution in [3.05, 3.63) is 70.9 Å². The van der Waals surface area contributed by atoms with Gasteiger partial charge in [-0.15, -0.1) is 11.3 Å². The van der Waals surface area contributed by atoms with Gasteiger partial charge in [-0.05, 0) is 43.7 Å². The SMILES string of the molecule is CCOC(=O)c1c(-c2ccc(F)cc2)csc1NC(=O)c1ccccc1OCC. The topological polar surface area (TPSA) is 64.6 Å². The van der Waals surface area contributed by atoms with Gasteiger partial charge in [0.05, 0.1) is 18.8 Å². The van der Waals surface area contributed by atoms with E-state index in [0.29, 0.717) is 34.0 Å². The van der Waals surface area contributed by atoms with Gasteiger partial charge in [-0.3, -0.25) is 4.79 Å². The molecule has 0 bridgehead atoms. The van der Waals surface area contributed by atoms with Crippen LogP contribution in [0.15, 0.2) is 53.9 Å². The van der Waals surface area contributed by atoms with E-state index in [0.717, 1.165) is 0 Å². The number of amides is 1. The molecule has 0 radical (unpaired) electrons. The molecule has 150 valence electrons. The number of thiophene rings is 1. The number of anilines is 1. The van der Waals surface area contributed by atoms with Crippen molar-refractivity contribution in [2.75, 3.05) is 18.5 Å². The number of nitrogens with one attached hydrogen (secondary N) is 1. The second kappa shape index (κ2) is 9.34. The molecule has 1 N–H and O–H groups in total. The first-order valence-corrected chi connectivity index (χ1v) is 10.0. The number of esters is 1. The molecule has 5 nitrogen and oxygen atoms in total. The summed E-state index contributed by atoms with van der Waals surface area (Å²) in [6.45, 7) is 4.16. The first-order valence-electron chi connectivity index (χ1n) is 9.12. The van der Waals surface area contributed by atoms with Crippen LogP contribution in [0, 0.1) is 5.82 Å². The molecule has 0 atom stereocenters. The number of rotatable bonds is 7. The summed E-state index contributed by atoms with van der Waals surface area (Å²) in [6, 6.07) is 12.7. The summed E-state index contributed by atoms with van der Waals surface area (Å²) < 4.78 is 24.0. The Morgan fingerprint density at radius 2 is 1.76 bits per heavy atom. The van der Waals surface area contributed by atoms with Crippen molar-refractivity contribution in [2.24, 2.45) is 0 Å². The van der Waals surface area contributed by atoms with E-state index < -0.39 is 11.9 Å². The van der Waals surface area contributed by atoms with Gasteiger partial charge in [0.2, 0.25) is 0 Å². The van der Waals surface area contributed by atoms with Gasteiger partial charge in [0.15, 0.2) is 0 Å². The molecule has 0 aliphatic carbocycles. The first-order chi connectivity index (χ1) is 14.0. The lowest BCUT2D eigenvalue weighted by Gasteiger charge is -2.11. The normalized spacial score (nSPS) is 10.4. The first kappa shape index (κ1) is 20.5. The lowest BCUT2D eigenvalue weighted by Crippen LogP contribution is -2.16. The smallest absolute Gasteiger partial charge is 0.341 e. The monoisotopic (exact) mass is 413 g/mol. The Bertz CT molecular complexity index is 1010. The van der Waals surface area contributed by atoms with Gasteiger partial charge in [-0.2, -0.15) is 0 Å². The quantitative estimate of drug-likeness (QED) is 0.528. The molecule has 0 saturated carbocycles. The Kier molecular flexibility index (Phi) is 6.61. The number of para-hydroxylation sites is 1. The van der Waals surface area contributed by atoms with E-state index in [1.54, 1.807) is 48.7 Å². The predicted octanol–water partition coefficient (Wildman–Crippen LogP) is 5.38. The van der Waals surface area contributed by atoms with Crippen LogP contribution < -0.4 is 10.1 Å². The molecule has 1 aromatic heterocycles. The highest BCUT2D eigenvalue weighted by atomic mass is 32.1. The zero-order valence-electron chi connectivity index (χ0n) is 16.0. The number of benzene rings is 2. The summed E-state index contributed by atoms with van der Waals surface area (Å²) in [5, 5.41) is 4.89. The van der Waals surface area contributed by atoms with Crippen LogP contribution in [0.4, 0.5) is 9.39 Å². The number of hydrogen-bond acceptors (Lipinski definition) is 5. The summed E-state index contributed by atoms with van der Waals surface area (Å²) in [6.07, 6.45) is 0. The zero-order valence-corrected chi connectivity index (χ0v) is 16.8. The van der Waals surface area contributed by atoms with Gasteiger partial charge >= 0.3 is 5.97 Å². The van der Waals surface area contributed by atoms with Crippen LogP contribution in [0.2, 0.25) is 0 Å². The Morgan fingerprint density at radius 3 is 2.45 bits per heavy atom. The third-order valence-electron chi connectivity index (χ3n) is 4.08.